The van der Waals surface area contributed by atoms with E-state index in [2.05, 4.69) is 10.3 Å². The number of thioether (sulfide) groups is 1. The molecule has 0 fully saturated rings. The zero-order chi connectivity index (χ0) is 18.4. The van der Waals surface area contributed by atoms with E-state index in [0.29, 0.717) is 17.2 Å². The van der Waals surface area contributed by atoms with Gasteiger partial charge in [-0.3, -0.25) is 4.79 Å². The smallest absolute Gasteiger partial charge is 0.395 e. The quantitative estimate of drug-likeness (QED) is 0.696. The zero-order valence-corrected chi connectivity index (χ0v) is 14.6. The minimum absolute atomic E-state index is 0.0849. The van der Waals surface area contributed by atoms with Crippen LogP contribution in [0.3, 0.4) is 0 Å². The highest BCUT2D eigenvalue weighted by Crippen LogP contribution is 2.33. The van der Waals surface area contributed by atoms with E-state index >= 15 is 0 Å². The molecule has 5 nitrogen and oxygen atoms in total. The first-order chi connectivity index (χ1) is 11.9. The van der Waals surface area contributed by atoms with Crippen LogP contribution in [0, 0.1) is 0 Å². The molecule has 138 valence electrons. The summed E-state index contributed by atoms with van der Waals surface area (Å²) in [4.78, 5) is 16.0. The number of alkyl halides is 3. The maximum absolute atomic E-state index is 12.9. The first kappa shape index (κ1) is 19.6. The van der Waals surface area contributed by atoms with Crippen molar-refractivity contribution in [2.75, 3.05) is 18.9 Å². The Morgan fingerprint density at radius 1 is 1.40 bits per heavy atom. The Bertz CT molecular complexity index is 731. The van der Waals surface area contributed by atoms with Gasteiger partial charge in [-0.15, -0.1) is 0 Å². The molecule has 0 bridgehead atoms. The number of halogens is 3. The Morgan fingerprint density at radius 3 is 2.80 bits per heavy atom. The molecule has 0 aliphatic heterocycles. The summed E-state index contributed by atoms with van der Waals surface area (Å²) < 4.78 is 40.5. The van der Waals surface area contributed by atoms with Crippen LogP contribution in [0.2, 0.25) is 0 Å². The molecule has 2 rings (SSSR count). The summed E-state index contributed by atoms with van der Waals surface area (Å²) in [5.74, 6) is -0.175. The summed E-state index contributed by atoms with van der Waals surface area (Å²) in [5.41, 5.74) is 0.154. The second-order valence-corrected chi connectivity index (χ2v) is 6.41. The van der Waals surface area contributed by atoms with E-state index in [9.17, 15) is 18.0 Å². The van der Waals surface area contributed by atoms with Crippen LogP contribution in [-0.4, -0.2) is 39.5 Å². The minimum Gasteiger partial charge on any atom is -0.395 e. The van der Waals surface area contributed by atoms with Crippen molar-refractivity contribution in [1.29, 1.82) is 0 Å². The predicted octanol–water partition coefficient (Wildman–Crippen LogP) is 3.06. The number of amides is 1. The number of rotatable bonds is 8. The maximum Gasteiger partial charge on any atom is 0.416 e. The summed E-state index contributed by atoms with van der Waals surface area (Å²) in [7, 11) is 0. The molecule has 1 aromatic carbocycles. The number of imidazole rings is 1. The number of aliphatic hydroxyl groups excluding tert-OH is 1. The average molecular weight is 375 g/mol. The molecule has 2 aromatic rings. The van der Waals surface area contributed by atoms with E-state index < -0.39 is 11.7 Å². The molecule has 0 radical (unpaired) electrons. The lowest BCUT2D eigenvalue weighted by molar-refractivity contribution is -0.137. The Labute approximate surface area is 147 Å². The first-order valence-electron chi connectivity index (χ1n) is 7.94. The molecule has 1 amide bonds. The average Bonchev–Trinajstić information content (AvgIpc) is 2.92. The molecule has 1 heterocycles. The number of carbonyl (C=O) groups excluding carboxylic acids is 1. The van der Waals surface area contributed by atoms with Gasteiger partial charge >= 0.3 is 6.18 Å². The van der Waals surface area contributed by atoms with Gasteiger partial charge in [-0.1, -0.05) is 25.1 Å². The molecular weight excluding hydrogens is 355 g/mol. The van der Waals surface area contributed by atoms with Crippen molar-refractivity contribution in [2.45, 2.75) is 37.6 Å². The van der Waals surface area contributed by atoms with Gasteiger partial charge in [0, 0.05) is 13.1 Å². The Hall–Kier alpha value is -1.74. The van der Waals surface area contributed by atoms with Crippen molar-refractivity contribution in [3.05, 3.63) is 23.8 Å². The molecule has 0 aliphatic carbocycles. The molecule has 0 aliphatic rings. The van der Waals surface area contributed by atoms with Crippen LogP contribution in [0.5, 0.6) is 0 Å². The number of nitrogens with one attached hydrogen (secondary N) is 1. The highest BCUT2D eigenvalue weighted by Gasteiger charge is 2.31. The lowest BCUT2D eigenvalue weighted by atomic mass is 10.2. The SMILES string of the molecule is CCCCn1c(SCC(=O)NCCO)nc2cc(C(F)(F)F)ccc21. The number of unbranched alkanes of at least 4 members (excludes halogenated alkanes) is 1. The van der Waals surface area contributed by atoms with Crippen LogP contribution in [0.25, 0.3) is 11.0 Å². The molecular formula is C16H20F3N3O2S. The molecule has 0 saturated carbocycles. The zero-order valence-electron chi connectivity index (χ0n) is 13.8. The lowest BCUT2D eigenvalue weighted by Crippen LogP contribution is -2.28. The van der Waals surface area contributed by atoms with Crippen molar-refractivity contribution < 1.29 is 23.1 Å². The molecule has 0 unspecified atom stereocenters. The predicted molar refractivity (Wildman–Crippen MR) is 90.5 cm³/mol. The molecule has 1 aromatic heterocycles. The molecule has 0 atom stereocenters. The molecule has 0 spiro atoms. The van der Waals surface area contributed by atoms with Crippen LogP contribution in [0.1, 0.15) is 25.3 Å². The van der Waals surface area contributed by atoms with Crippen LogP contribution >= 0.6 is 11.8 Å². The van der Waals surface area contributed by atoms with Crippen molar-refractivity contribution in [2.24, 2.45) is 0 Å². The van der Waals surface area contributed by atoms with E-state index in [-0.39, 0.29) is 30.3 Å². The van der Waals surface area contributed by atoms with Gasteiger partial charge in [0.2, 0.25) is 5.91 Å². The van der Waals surface area contributed by atoms with Crippen molar-refractivity contribution in [3.63, 3.8) is 0 Å². The Balaban J connectivity index is 2.28. The summed E-state index contributed by atoms with van der Waals surface area (Å²) >= 11 is 1.17. The second-order valence-electron chi connectivity index (χ2n) is 5.46. The van der Waals surface area contributed by atoms with Crippen molar-refractivity contribution in [1.82, 2.24) is 14.9 Å². The third kappa shape index (κ3) is 5.12. The van der Waals surface area contributed by atoms with Gasteiger partial charge in [0.1, 0.15) is 0 Å². The van der Waals surface area contributed by atoms with Crippen LogP contribution in [0.15, 0.2) is 23.4 Å². The van der Waals surface area contributed by atoms with Gasteiger partial charge in [-0.05, 0) is 24.6 Å². The highest BCUT2D eigenvalue weighted by molar-refractivity contribution is 7.99. The first-order valence-corrected chi connectivity index (χ1v) is 8.93. The fraction of sp³-hybridized carbons (Fsp3) is 0.500. The number of hydrogen-bond acceptors (Lipinski definition) is 4. The van der Waals surface area contributed by atoms with E-state index in [1.165, 1.54) is 17.8 Å². The minimum atomic E-state index is -4.42. The van der Waals surface area contributed by atoms with Gasteiger partial charge in [-0.25, -0.2) is 4.98 Å². The number of carbonyl (C=O) groups is 1. The fourth-order valence-corrected chi connectivity index (χ4v) is 3.17. The van der Waals surface area contributed by atoms with E-state index in [0.717, 1.165) is 25.0 Å². The second kappa shape index (κ2) is 8.57. The van der Waals surface area contributed by atoms with Crippen molar-refractivity contribution in [3.8, 4) is 0 Å². The highest BCUT2D eigenvalue weighted by atomic mass is 32.2. The number of aromatic nitrogens is 2. The van der Waals surface area contributed by atoms with Gasteiger partial charge in [0.05, 0.1) is 29.0 Å². The van der Waals surface area contributed by atoms with Crippen LogP contribution in [-0.2, 0) is 17.5 Å². The number of nitrogens with zero attached hydrogens (tertiary/aromatic N) is 2. The number of aliphatic hydroxyl groups is 1. The van der Waals surface area contributed by atoms with E-state index in [1.807, 2.05) is 11.5 Å². The largest absolute Gasteiger partial charge is 0.416 e. The maximum atomic E-state index is 12.9. The summed E-state index contributed by atoms with van der Waals surface area (Å²) in [6.07, 6.45) is -2.63. The number of benzene rings is 1. The number of fused-ring (bicyclic) bond motifs is 1. The molecule has 9 heteroatoms. The van der Waals surface area contributed by atoms with Crippen LogP contribution < -0.4 is 5.32 Å². The number of hydrogen-bond donors (Lipinski definition) is 2. The fourth-order valence-electron chi connectivity index (χ4n) is 2.30. The summed E-state index contributed by atoms with van der Waals surface area (Å²) in [5, 5.41) is 11.7. The standard InChI is InChI=1S/C16H20F3N3O2S/c1-2-3-7-22-13-5-4-11(16(17,18)19)9-12(13)21-15(22)25-10-14(24)20-6-8-23/h4-5,9,23H,2-3,6-8,10H2,1H3,(H,20,24). The van der Waals surface area contributed by atoms with E-state index in [4.69, 9.17) is 5.11 Å². The molecule has 0 saturated heterocycles. The van der Waals surface area contributed by atoms with Gasteiger partial charge in [0.15, 0.2) is 5.16 Å². The Kier molecular flexibility index (Phi) is 6.71. The van der Waals surface area contributed by atoms with Crippen LogP contribution in [0.4, 0.5) is 13.2 Å². The third-order valence-electron chi connectivity index (χ3n) is 3.54. The van der Waals surface area contributed by atoms with E-state index in [1.54, 1.807) is 0 Å². The normalized spacial score (nSPS) is 11.9. The van der Waals surface area contributed by atoms with Gasteiger partial charge < -0.3 is 15.0 Å². The number of aryl methyl sites for hydroxylation is 1. The summed E-state index contributed by atoms with van der Waals surface area (Å²) in [6, 6.07) is 3.51. The molecule has 2 N–H and O–H groups in total. The summed E-state index contributed by atoms with van der Waals surface area (Å²) in [6.45, 7) is 2.67. The lowest BCUT2D eigenvalue weighted by Gasteiger charge is -2.09. The van der Waals surface area contributed by atoms with Gasteiger partial charge in [0.25, 0.3) is 0 Å². The monoisotopic (exact) mass is 375 g/mol. The van der Waals surface area contributed by atoms with Gasteiger partial charge in [-0.2, -0.15) is 13.2 Å². The van der Waals surface area contributed by atoms with Crippen molar-refractivity contribution >= 4 is 28.7 Å². The molecule has 25 heavy (non-hydrogen) atoms. The third-order valence-corrected chi connectivity index (χ3v) is 4.52. The topological polar surface area (TPSA) is 67.2 Å². The Morgan fingerprint density at radius 2 is 2.16 bits per heavy atom.